The Morgan fingerprint density at radius 1 is 1.35 bits per heavy atom. The number of hydrogen-bond donors (Lipinski definition) is 3. The van der Waals surface area contributed by atoms with Crippen molar-refractivity contribution < 1.29 is 14.7 Å². The first kappa shape index (κ1) is 16.7. The van der Waals surface area contributed by atoms with Gasteiger partial charge in [-0.15, -0.1) is 0 Å². The summed E-state index contributed by atoms with van der Waals surface area (Å²) in [5.41, 5.74) is 0.889. The van der Waals surface area contributed by atoms with E-state index in [2.05, 4.69) is 10.6 Å². The second-order valence-corrected chi connectivity index (χ2v) is 5.55. The number of carbonyl (C=O) groups excluding carboxylic acids is 1. The first-order valence-electron chi connectivity index (χ1n) is 6.03. The number of rotatable bonds is 7. The number of aliphatic carboxylic acids is 1. The van der Waals surface area contributed by atoms with Crippen LogP contribution in [0.2, 0.25) is 5.02 Å². The number of urea groups is 1. The molecule has 0 heterocycles. The van der Waals surface area contributed by atoms with E-state index in [1.54, 1.807) is 24.3 Å². The molecular formula is C13H17ClN2O3S. The van der Waals surface area contributed by atoms with Crippen molar-refractivity contribution in [2.75, 3.05) is 12.0 Å². The van der Waals surface area contributed by atoms with E-state index in [-0.39, 0.29) is 0 Å². The summed E-state index contributed by atoms with van der Waals surface area (Å²) in [6, 6.07) is 5.70. The fourth-order valence-corrected chi connectivity index (χ4v) is 2.08. The third kappa shape index (κ3) is 6.16. The Morgan fingerprint density at radius 2 is 2.00 bits per heavy atom. The smallest absolute Gasteiger partial charge is 0.326 e. The quantitative estimate of drug-likeness (QED) is 0.721. The standard InChI is InChI=1S/C13H17ClN2O3S/c1-20-7-6-11(12(17)18)16-13(19)15-8-9-2-4-10(14)5-3-9/h2-5,11H,6-8H2,1H3,(H,17,18)(H2,15,16,19)/t11-/m0/s1. The van der Waals surface area contributed by atoms with Crippen LogP contribution in [0.25, 0.3) is 0 Å². The molecule has 0 aliphatic carbocycles. The van der Waals surface area contributed by atoms with Gasteiger partial charge in [0.05, 0.1) is 0 Å². The van der Waals surface area contributed by atoms with Crippen LogP contribution < -0.4 is 10.6 Å². The number of benzene rings is 1. The zero-order valence-corrected chi connectivity index (χ0v) is 12.6. The number of amides is 2. The van der Waals surface area contributed by atoms with Crippen molar-refractivity contribution in [3.05, 3.63) is 34.9 Å². The molecule has 3 N–H and O–H groups in total. The van der Waals surface area contributed by atoms with Crippen molar-refractivity contribution in [1.82, 2.24) is 10.6 Å². The van der Waals surface area contributed by atoms with Gasteiger partial charge in [0.25, 0.3) is 0 Å². The average molecular weight is 317 g/mol. The molecule has 7 heteroatoms. The average Bonchev–Trinajstić information content (AvgIpc) is 2.42. The van der Waals surface area contributed by atoms with Crippen molar-refractivity contribution in [1.29, 1.82) is 0 Å². The number of nitrogens with one attached hydrogen (secondary N) is 2. The molecule has 0 radical (unpaired) electrons. The monoisotopic (exact) mass is 316 g/mol. The molecule has 0 unspecified atom stereocenters. The lowest BCUT2D eigenvalue weighted by molar-refractivity contribution is -0.139. The SMILES string of the molecule is CSCC[C@H](NC(=O)NCc1ccc(Cl)cc1)C(=O)O. The topological polar surface area (TPSA) is 78.4 Å². The Balaban J connectivity index is 2.41. The van der Waals surface area contributed by atoms with E-state index in [0.717, 1.165) is 5.56 Å². The van der Waals surface area contributed by atoms with Crippen molar-refractivity contribution in [2.24, 2.45) is 0 Å². The van der Waals surface area contributed by atoms with E-state index in [1.807, 2.05) is 6.26 Å². The zero-order valence-electron chi connectivity index (χ0n) is 11.1. The minimum absolute atomic E-state index is 0.317. The number of carbonyl (C=O) groups is 2. The fraction of sp³-hybridized carbons (Fsp3) is 0.385. The van der Waals surface area contributed by atoms with Crippen LogP contribution in [-0.2, 0) is 11.3 Å². The van der Waals surface area contributed by atoms with Crippen LogP contribution in [-0.4, -0.2) is 35.2 Å². The van der Waals surface area contributed by atoms with Gasteiger partial charge in [0.15, 0.2) is 0 Å². The van der Waals surface area contributed by atoms with Crippen molar-refractivity contribution in [3.8, 4) is 0 Å². The van der Waals surface area contributed by atoms with Gasteiger partial charge in [-0.1, -0.05) is 23.7 Å². The molecule has 20 heavy (non-hydrogen) atoms. The fourth-order valence-electron chi connectivity index (χ4n) is 1.49. The van der Waals surface area contributed by atoms with Gasteiger partial charge in [0.2, 0.25) is 0 Å². The van der Waals surface area contributed by atoms with Crippen LogP contribution in [0.5, 0.6) is 0 Å². The summed E-state index contributed by atoms with van der Waals surface area (Å²) in [4.78, 5) is 22.6. The lowest BCUT2D eigenvalue weighted by atomic mass is 10.2. The van der Waals surface area contributed by atoms with Crippen LogP contribution in [0.15, 0.2) is 24.3 Å². The molecule has 0 aromatic heterocycles. The van der Waals surface area contributed by atoms with E-state index in [1.165, 1.54) is 11.8 Å². The predicted molar refractivity (Wildman–Crippen MR) is 81.2 cm³/mol. The number of carboxylic acid groups (broad SMARTS) is 1. The lowest BCUT2D eigenvalue weighted by Crippen LogP contribution is -2.46. The second-order valence-electron chi connectivity index (χ2n) is 4.13. The highest BCUT2D eigenvalue weighted by Crippen LogP contribution is 2.09. The molecule has 110 valence electrons. The highest BCUT2D eigenvalue weighted by molar-refractivity contribution is 7.98. The maximum atomic E-state index is 11.6. The molecule has 0 fully saturated rings. The van der Waals surface area contributed by atoms with Crippen LogP contribution in [0, 0.1) is 0 Å². The van der Waals surface area contributed by atoms with Gasteiger partial charge in [0, 0.05) is 11.6 Å². The van der Waals surface area contributed by atoms with Gasteiger partial charge in [-0.05, 0) is 36.1 Å². The summed E-state index contributed by atoms with van der Waals surface area (Å²) >= 11 is 7.30. The number of halogens is 1. The van der Waals surface area contributed by atoms with E-state index < -0.39 is 18.0 Å². The second kappa shape index (κ2) is 8.71. The summed E-state index contributed by atoms with van der Waals surface area (Å²) in [5, 5.41) is 14.7. The maximum absolute atomic E-state index is 11.6. The summed E-state index contributed by atoms with van der Waals surface area (Å²) in [7, 11) is 0. The molecular weight excluding hydrogens is 300 g/mol. The zero-order chi connectivity index (χ0) is 15.0. The number of hydrogen-bond acceptors (Lipinski definition) is 3. The van der Waals surface area contributed by atoms with Crippen LogP contribution >= 0.6 is 23.4 Å². The Kier molecular flexibility index (Phi) is 7.25. The molecule has 0 saturated heterocycles. The first-order chi connectivity index (χ1) is 9.52. The Morgan fingerprint density at radius 3 is 2.55 bits per heavy atom. The largest absolute Gasteiger partial charge is 0.480 e. The number of thioether (sulfide) groups is 1. The Labute approximate surface area is 127 Å². The predicted octanol–water partition coefficient (Wildman–Crippen LogP) is 2.35. The van der Waals surface area contributed by atoms with Gasteiger partial charge in [-0.3, -0.25) is 0 Å². The highest BCUT2D eigenvalue weighted by atomic mass is 35.5. The first-order valence-corrected chi connectivity index (χ1v) is 7.80. The van der Waals surface area contributed by atoms with Gasteiger partial charge in [-0.2, -0.15) is 11.8 Å². The molecule has 1 atom stereocenters. The minimum Gasteiger partial charge on any atom is -0.480 e. The Hall–Kier alpha value is -1.40. The van der Waals surface area contributed by atoms with Gasteiger partial charge < -0.3 is 15.7 Å². The summed E-state index contributed by atoms with van der Waals surface area (Å²) in [5.74, 6) is -0.352. The molecule has 0 saturated carbocycles. The molecule has 0 spiro atoms. The van der Waals surface area contributed by atoms with E-state index in [4.69, 9.17) is 16.7 Å². The lowest BCUT2D eigenvalue weighted by Gasteiger charge is -2.14. The molecule has 1 aromatic rings. The molecule has 0 aliphatic heterocycles. The minimum atomic E-state index is -1.03. The van der Waals surface area contributed by atoms with E-state index in [9.17, 15) is 9.59 Å². The highest BCUT2D eigenvalue weighted by Gasteiger charge is 2.18. The maximum Gasteiger partial charge on any atom is 0.326 e. The summed E-state index contributed by atoms with van der Waals surface area (Å²) < 4.78 is 0. The van der Waals surface area contributed by atoms with E-state index in [0.29, 0.717) is 23.7 Å². The molecule has 0 bridgehead atoms. The Bertz CT molecular complexity index is 453. The van der Waals surface area contributed by atoms with E-state index >= 15 is 0 Å². The van der Waals surface area contributed by atoms with Gasteiger partial charge in [0.1, 0.15) is 6.04 Å². The third-order valence-electron chi connectivity index (χ3n) is 2.58. The summed E-state index contributed by atoms with van der Waals surface area (Å²) in [6.07, 6.45) is 2.28. The normalized spacial score (nSPS) is 11.7. The van der Waals surface area contributed by atoms with Crippen LogP contribution in [0.1, 0.15) is 12.0 Å². The number of carboxylic acids is 1. The van der Waals surface area contributed by atoms with Gasteiger partial charge >= 0.3 is 12.0 Å². The molecule has 1 rings (SSSR count). The molecule has 1 aromatic carbocycles. The van der Waals surface area contributed by atoms with Crippen molar-refractivity contribution in [2.45, 2.75) is 19.0 Å². The summed E-state index contributed by atoms with van der Waals surface area (Å²) in [6.45, 7) is 0.317. The van der Waals surface area contributed by atoms with Crippen LogP contribution in [0.4, 0.5) is 4.79 Å². The van der Waals surface area contributed by atoms with Crippen LogP contribution in [0.3, 0.4) is 0 Å². The van der Waals surface area contributed by atoms with Gasteiger partial charge in [-0.25, -0.2) is 9.59 Å². The molecule has 2 amide bonds. The third-order valence-corrected chi connectivity index (χ3v) is 3.48. The molecule has 0 aliphatic rings. The molecule has 5 nitrogen and oxygen atoms in total. The van der Waals surface area contributed by atoms with Crippen molar-refractivity contribution >= 4 is 35.4 Å². The van der Waals surface area contributed by atoms with Crippen molar-refractivity contribution in [3.63, 3.8) is 0 Å².